The maximum Gasteiger partial charge on any atom is 0.145 e. The fourth-order valence-electron chi connectivity index (χ4n) is 3.27. The molecule has 0 spiro atoms. The summed E-state index contributed by atoms with van der Waals surface area (Å²) in [4.78, 5) is 24.9. The van der Waals surface area contributed by atoms with Crippen LogP contribution in [0, 0.1) is 5.92 Å². The van der Waals surface area contributed by atoms with E-state index in [4.69, 9.17) is 23.2 Å². The highest BCUT2D eigenvalue weighted by molar-refractivity contribution is 8.00. The van der Waals surface area contributed by atoms with Crippen LogP contribution in [0.1, 0.15) is 37.2 Å². The first-order valence-electron chi connectivity index (χ1n) is 7.18. The predicted molar refractivity (Wildman–Crippen MR) is 87.4 cm³/mol. The molecule has 1 aromatic carbocycles. The van der Waals surface area contributed by atoms with Gasteiger partial charge in [0.25, 0.3) is 0 Å². The fraction of sp³-hybridized carbons (Fsp3) is 0.500. The number of rotatable bonds is 2. The molecule has 5 heteroatoms. The number of halogens is 2. The van der Waals surface area contributed by atoms with Gasteiger partial charge in [-0.15, -0.1) is 0 Å². The van der Waals surface area contributed by atoms with Crippen LogP contribution in [-0.2, 0) is 9.59 Å². The molecule has 0 radical (unpaired) electrons. The molecule has 1 heterocycles. The summed E-state index contributed by atoms with van der Waals surface area (Å²) >= 11 is 13.7. The Morgan fingerprint density at radius 1 is 1.05 bits per heavy atom. The molecule has 0 N–H and O–H groups in total. The van der Waals surface area contributed by atoms with Crippen molar-refractivity contribution < 1.29 is 9.59 Å². The Bertz CT molecular complexity index is 564. The van der Waals surface area contributed by atoms with E-state index in [1.54, 1.807) is 23.9 Å². The van der Waals surface area contributed by atoms with Gasteiger partial charge in [0.05, 0.1) is 16.0 Å². The number of ketones is 2. The number of hydrogen-bond acceptors (Lipinski definition) is 3. The molecule has 2 aliphatic rings. The summed E-state index contributed by atoms with van der Waals surface area (Å²) in [6.45, 7) is 0. The summed E-state index contributed by atoms with van der Waals surface area (Å²) in [6.07, 6.45) is 2.98. The molecule has 0 aromatic heterocycles. The van der Waals surface area contributed by atoms with E-state index in [1.165, 1.54) is 0 Å². The molecule has 1 aromatic rings. The van der Waals surface area contributed by atoms with Crippen molar-refractivity contribution in [1.29, 1.82) is 0 Å². The Hall–Kier alpha value is -0.510. The van der Waals surface area contributed by atoms with Crippen molar-refractivity contribution in [3.05, 3.63) is 33.8 Å². The van der Waals surface area contributed by atoms with Gasteiger partial charge in [-0.2, -0.15) is 11.8 Å². The highest BCUT2D eigenvalue weighted by Crippen LogP contribution is 2.40. The van der Waals surface area contributed by atoms with Crippen molar-refractivity contribution in [2.75, 3.05) is 5.75 Å². The molecular formula is C16H16Cl2O2S. The molecule has 1 unspecified atom stereocenters. The second-order valence-corrected chi connectivity index (χ2v) is 7.90. The van der Waals surface area contributed by atoms with Crippen molar-refractivity contribution in [2.24, 2.45) is 5.92 Å². The molecule has 2 nitrogen and oxygen atoms in total. The quantitative estimate of drug-likeness (QED) is 0.741. The maximum atomic E-state index is 12.4. The minimum Gasteiger partial charge on any atom is -0.299 e. The van der Waals surface area contributed by atoms with Gasteiger partial charge >= 0.3 is 0 Å². The molecule has 112 valence electrons. The number of carbonyl (C=O) groups excluding carboxylic acids is 2. The average molecular weight is 343 g/mol. The van der Waals surface area contributed by atoms with Crippen LogP contribution in [0.25, 0.3) is 0 Å². The van der Waals surface area contributed by atoms with Crippen molar-refractivity contribution in [3.8, 4) is 0 Å². The van der Waals surface area contributed by atoms with Gasteiger partial charge in [-0.3, -0.25) is 9.59 Å². The Morgan fingerprint density at radius 2 is 1.76 bits per heavy atom. The lowest BCUT2D eigenvalue weighted by Gasteiger charge is -2.29. The summed E-state index contributed by atoms with van der Waals surface area (Å²) in [6, 6.07) is 5.37. The van der Waals surface area contributed by atoms with Crippen LogP contribution in [0.2, 0.25) is 10.0 Å². The number of carbonyl (C=O) groups is 2. The number of Topliss-reactive ketones (excluding diaryl/α,β-unsaturated/α-hetero) is 2. The minimum atomic E-state index is -0.378. The minimum absolute atomic E-state index is 0.0533. The van der Waals surface area contributed by atoms with Gasteiger partial charge in [-0.05, 0) is 42.2 Å². The zero-order valence-corrected chi connectivity index (χ0v) is 13.8. The van der Waals surface area contributed by atoms with Crippen molar-refractivity contribution in [3.63, 3.8) is 0 Å². The molecular weight excluding hydrogens is 327 g/mol. The van der Waals surface area contributed by atoms with E-state index in [-0.39, 0.29) is 28.7 Å². The molecule has 0 amide bonds. The number of hydrogen-bond donors (Lipinski definition) is 0. The Balaban J connectivity index is 1.78. The largest absolute Gasteiger partial charge is 0.299 e. The second kappa shape index (κ2) is 6.31. The van der Waals surface area contributed by atoms with Crippen molar-refractivity contribution in [2.45, 2.75) is 36.9 Å². The third-order valence-corrected chi connectivity index (χ3v) is 6.54. The first kappa shape index (κ1) is 15.4. The van der Waals surface area contributed by atoms with Crippen LogP contribution >= 0.6 is 35.0 Å². The molecule has 0 bridgehead atoms. The second-order valence-electron chi connectivity index (χ2n) is 5.74. The van der Waals surface area contributed by atoms with Gasteiger partial charge in [0.2, 0.25) is 0 Å². The van der Waals surface area contributed by atoms with Crippen LogP contribution in [0.4, 0.5) is 0 Å². The van der Waals surface area contributed by atoms with E-state index in [9.17, 15) is 9.59 Å². The summed E-state index contributed by atoms with van der Waals surface area (Å²) in [5.74, 6) is 0.834. The van der Waals surface area contributed by atoms with E-state index in [0.717, 1.165) is 24.2 Å². The summed E-state index contributed by atoms with van der Waals surface area (Å²) in [5, 5.41) is 1.18. The van der Waals surface area contributed by atoms with Gasteiger partial charge in [0.15, 0.2) is 0 Å². The van der Waals surface area contributed by atoms with Crippen LogP contribution in [-0.4, -0.2) is 22.6 Å². The summed E-state index contributed by atoms with van der Waals surface area (Å²) in [7, 11) is 0. The SMILES string of the molecule is O=C1CC(c2ccc(Cl)c(Cl)c2)CC(=O)C1C1CCCS1. The Morgan fingerprint density at radius 3 is 2.33 bits per heavy atom. The van der Waals surface area contributed by atoms with Gasteiger partial charge in [-0.1, -0.05) is 29.3 Å². The lowest BCUT2D eigenvalue weighted by molar-refractivity contribution is -0.136. The van der Waals surface area contributed by atoms with Crippen LogP contribution in [0.3, 0.4) is 0 Å². The van der Waals surface area contributed by atoms with Crippen molar-refractivity contribution in [1.82, 2.24) is 0 Å². The fourth-order valence-corrected chi connectivity index (χ4v) is 5.05. The van der Waals surface area contributed by atoms with Crippen LogP contribution in [0.15, 0.2) is 18.2 Å². The Kier molecular flexibility index (Phi) is 4.63. The van der Waals surface area contributed by atoms with Gasteiger partial charge < -0.3 is 0 Å². The lowest BCUT2D eigenvalue weighted by Crippen LogP contribution is -2.38. The molecule has 1 aliphatic carbocycles. The molecule has 1 saturated carbocycles. The van der Waals surface area contributed by atoms with Crippen LogP contribution in [0.5, 0.6) is 0 Å². The monoisotopic (exact) mass is 342 g/mol. The topological polar surface area (TPSA) is 34.1 Å². The number of benzene rings is 1. The first-order valence-corrected chi connectivity index (χ1v) is 8.98. The van der Waals surface area contributed by atoms with E-state index < -0.39 is 0 Å². The Labute approximate surface area is 138 Å². The molecule has 3 rings (SSSR count). The lowest BCUT2D eigenvalue weighted by atomic mass is 9.75. The van der Waals surface area contributed by atoms with E-state index in [2.05, 4.69) is 0 Å². The van der Waals surface area contributed by atoms with Gasteiger partial charge in [0, 0.05) is 18.1 Å². The molecule has 1 atom stereocenters. The molecule has 1 aliphatic heterocycles. The summed E-state index contributed by atoms with van der Waals surface area (Å²) in [5.41, 5.74) is 0.934. The third kappa shape index (κ3) is 3.15. The van der Waals surface area contributed by atoms with Crippen molar-refractivity contribution >= 4 is 46.5 Å². The van der Waals surface area contributed by atoms with Gasteiger partial charge in [0.1, 0.15) is 11.6 Å². The van der Waals surface area contributed by atoms with E-state index in [1.807, 2.05) is 6.07 Å². The normalized spacial score (nSPS) is 29.9. The highest BCUT2D eigenvalue weighted by atomic mass is 35.5. The van der Waals surface area contributed by atoms with Crippen LogP contribution < -0.4 is 0 Å². The molecule has 1 saturated heterocycles. The zero-order chi connectivity index (χ0) is 15.0. The predicted octanol–water partition coefficient (Wildman–Crippen LogP) is 4.52. The number of thioether (sulfide) groups is 1. The van der Waals surface area contributed by atoms with Gasteiger partial charge in [-0.25, -0.2) is 0 Å². The first-order chi connectivity index (χ1) is 10.1. The molecule has 21 heavy (non-hydrogen) atoms. The average Bonchev–Trinajstić information content (AvgIpc) is 2.95. The zero-order valence-electron chi connectivity index (χ0n) is 11.5. The highest BCUT2D eigenvalue weighted by Gasteiger charge is 2.41. The smallest absolute Gasteiger partial charge is 0.145 e. The summed E-state index contributed by atoms with van der Waals surface area (Å²) < 4.78 is 0. The third-order valence-electron chi connectivity index (χ3n) is 4.34. The maximum absolute atomic E-state index is 12.4. The van der Waals surface area contributed by atoms with E-state index >= 15 is 0 Å². The standard InChI is InChI=1S/C16H16Cl2O2S/c17-11-4-3-9(6-12(11)18)10-7-13(19)16(14(20)8-10)15-2-1-5-21-15/h3-4,6,10,15-16H,1-2,5,7-8H2. The van der Waals surface area contributed by atoms with E-state index in [0.29, 0.717) is 22.9 Å². The molecule has 2 fully saturated rings.